The van der Waals surface area contributed by atoms with Crippen LogP contribution in [0.5, 0.6) is 0 Å². The van der Waals surface area contributed by atoms with Crippen molar-refractivity contribution in [1.29, 1.82) is 0 Å². The summed E-state index contributed by atoms with van der Waals surface area (Å²) < 4.78 is 37.9. The lowest BCUT2D eigenvalue weighted by atomic mass is 10.1. The number of urea groups is 1. The number of nitrogens with one attached hydrogen (secondary N) is 1. The second-order valence-electron chi connectivity index (χ2n) is 3.93. The number of carbonyl (C=O) groups is 1. The van der Waals surface area contributed by atoms with Crippen molar-refractivity contribution in [3.8, 4) is 0 Å². The van der Waals surface area contributed by atoms with Gasteiger partial charge in [0.1, 0.15) is 0 Å². The molecule has 0 spiro atoms. The molecular weight excluding hydrogens is 269 g/mol. The summed E-state index contributed by atoms with van der Waals surface area (Å²) in [5.41, 5.74) is -0.699. The minimum absolute atomic E-state index is 0.0433. The topological polar surface area (TPSA) is 32.3 Å². The first-order chi connectivity index (χ1) is 8.38. The third-order valence-corrected chi connectivity index (χ3v) is 2.82. The molecule has 0 aromatic heterocycles. The smallest absolute Gasteiger partial charge is 0.338 e. The summed E-state index contributed by atoms with van der Waals surface area (Å²) in [5, 5.41) is 2.53. The Labute approximate surface area is 107 Å². The molecule has 2 amide bonds. The maximum absolute atomic E-state index is 12.6. The van der Waals surface area contributed by atoms with Gasteiger partial charge in [0.15, 0.2) is 0 Å². The summed E-state index contributed by atoms with van der Waals surface area (Å²) in [7, 11) is 0. The van der Waals surface area contributed by atoms with Crippen molar-refractivity contribution >= 4 is 23.3 Å². The molecule has 1 fully saturated rings. The third kappa shape index (κ3) is 2.69. The highest BCUT2D eigenvalue weighted by Crippen LogP contribution is 2.34. The molecule has 1 heterocycles. The van der Waals surface area contributed by atoms with E-state index >= 15 is 0 Å². The molecule has 0 atom stereocenters. The molecule has 0 unspecified atom stereocenters. The van der Waals surface area contributed by atoms with E-state index in [4.69, 9.17) is 11.6 Å². The number of nitrogens with zero attached hydrogens (tertiary/aromatic N) is 1. The maximum atomic E-state index is 12.6. The quantitative estimate of drug-likeness (QED) is 0.840. The number of alkyl halides is 3. The van der Waals surface area contributed by atoms with Crippen LogP contribution in [0.4, 0.5) is 23.7 Å². The second-order valence-corrected chi connectivity index (χ2v) is 4.37. The van der Waals surface area contributed by atoms with Crippen molar-refractivity contribution in [2.45, 2.75) is 12.6 Å². The lowest BCUT2D eigenvalue weighted by Crippen LogP contribution is -2.46. The monoisotopic (exact) mass is 278 g/mol. The number of hydrogen-bond acceptors (Lipinski definition) is 1. The van der Waals surface area contributed by atoms with Crippen LogP contribution in [-0.4, -0.2) is 19.1 Å². The number of benzene rings is 1. The molecule has 1 aromatic carbocycles. The van der Waals surface area contributed by atoms with E-state index in [0.29, 0.717) is 19.5 Å². The van der Waals surface area contributed by atoms with E-state index in [1.807, 2.05) is 0 Å². The molecule has 0 saturated carbocycles. The molecule has 1 aromatic rings. The number of halogens is 4. The van der Waals surface area contributed by atoms with E-state index in [1.165, 1.54) is 11.0 Å². The van der Waals surface area contributed by atoms with Crippen LogP contribution in [0.3, 0.4) is 0 Å². The van der Waals surface area contributed by atoms with Gasteiger partial charge >= 0.3 is 12.2 Å². The molecule has 0 radical (unpaired) electrons. The van der Waals surface area contributed by atoms with Crippen molar-refractivity contribution in [3.05, 3.63) is 28.8 Å². The van der Waals surface area contributed by atoms with Crippen molar-refractivity contribution in [2.24, 2.45) is 0 Å². The number of amides is 2. The second kappa shape index (κ2) is 4.68. The molecule has 0 bridgehead atoms. The van der Waals surface area contributed by atoms with Gasteiger partial charge in [-0.25, -0.2) is 4.79 Å². The summed E-state index contributed by atoms with van der Waals surface area (Å²) in [4.78, 5) is 12.8. The molecule has 1 aliphatic rings. The van der Waals surface area contributed by atoms with Gasteiger partial charge in [-0.3, -0.25) is 4.90 Å². The van der Waals surface area contributed by atoms with Gasteiger partial charge in [-0.2, -0.15) is 13.2 Å². The first-order valence-corrected chi connectivity index (χ1v) is 5.69. The van der Waals surface area contributed by atoms with Crippen LogP contribution in [-0.2, 0) is 6.18 Å². The number of hydrogen-bond donors (Lipinski definition) is 1. The lowest BCUT2D eigenvalue weighted by molar-refractivity contribution is -0.137. The van der Waals surface area contributed by atoms with Crippen LogP contribution in [0.2, 0.25) is 5.02 Å². The molecular formula is C11H10ClF3N2O. The number of carbonyl (C=O) groups excluding carboxylic acids is 1. The minimum atomic E-state index is -4.48. The Kier molecular flexibility index (Phi) is 3.38. The van der Waals surface area contributed by atoms with E-state index < -0.39 is 17.8 Å². The fraction of sp³-hybridized carbons (Fsp3) is 0.364. The zero-order valence-corrected chi connectivity index (χ0v) is 9.98. The average molecular weight is 279 g/mol. The summed E-state index contributed by atoms with van der Waals surface area (Å²) in [5.74, 6) is 0. The van der Waals surface area contributed by atoms with Crippen LogP contribution < -0.4 is 10.2 Å². The molecule has 18 heavy (non-hydrogen) atoms. The van der Waals surface area contributed by atoms with E-state index in [0.717, 1.165) is 12.1 Å². The predicted octanol–water partition coefficient (Wildman–Crippen LogP) is 3.28. The van der Waals surface area contributed by atoms with Crippen LogP contribution in [0.15, 0.2) is 18.2 Å². The molecule has 1 N–H and O–H groups in total. The lowest BCUT2D eigenvalue weighted by Gasteiger charge is -2.28. The van der Waals surface area contributed by atoms with Crippen molar-refractivity contribution in [3.63, 3.8) is 0 Å². The van der Waals surface area contributed by atoms with Crippen molar-refractivity contribution in [2.75, 3.05) is 18.0 Å². The van der Waals surface area contributed by atoms with Crippen LogP contribution in [0.1, 0.15) is 12.0 Å². The van der Waals surface area contributed by atoms with E-state index in [-0.39, 0.29) is 10.7 Å². The third-order valence-electron chi connectivity index (χ3n) is 2.60. The van der Waals surface area contributed by atoms with Gasteiger partial charge in [-0.15, -0.1) is 0 Å². The van der Waals surface area contributed by atoms with Gasteiger partial charge in [-0.1, -0.05) is 11.6 Å². The van der Waals surface area contributed by atoms with Gasteiger partial charge in [-0.05, 0) is 24.6 Å². The minimum Gasteiger partial charge on any atom is -0.338 e. The molecule has 2 rings (SSSR count). The molecule has 3 nitrogen and oxygen atoms in total. The number of anilines is 1. The van der Waals surface area contributed by atoms with Crippen LogP contribution in [0, 0.1) is 0 Å². The maximum Gasteiger partial charge on any atom is 0.416 e. The SMILES string of the molecule is O=C1NCCCN1c1cc(Cl)cc(C(F)(F)F)c1. The Morgan fingerprint density at radius 2 is 2.00 bits per heavy atom. The summed E-state index contributed by atoms with van der Waals surface area (Å²) in [6, 6.07) is 2.71. The van der Waals surface area contributed by atoms with Crippen LogP contribution in [0.25, 0.3) is 0 Å². The first kappa shape index (κ1) is 13.0. The standard InChI is InChI=1S/C11H10ClF3N2O/c12-8-4-7(11(13,14)15)5-9(6-8)17-3-1-2-16-10(17)18/h4-6H,1-3H2,(H,16,18). The zero-order chi connectivity index (χ0) is 13.3. The molecule has 98 valence electrons. The Morgan fingerprint density at radius 1 is 1.28 bits per heavy atom. The molecule has 7 heteroatoms. The molecule has 0 aliphatic carbocycles. The first-order valence-electron chi connectivity index (χ1n) is 5.31. The van der Waals surface area contributed by atoms with Crippen molar-refractivity contribution < 1.29 is 18.0 Å². The highest BCUT2D eigenvalue weighted by atomic mass is 35.5. The van der Waals surface area contributed by atoms with E-state index in [1.54, 1.807) is 0 Å². The average Bonchev–Trinajstić information content (AvgIpc) is 2.27. The summed E-state index contributed by atoms with van der Waals surface area (Å²) in [6.07, 6.45) is -3.80. The number of rotatable bonds is 1. The Bertz CT molecular complexity index is 476. The summed E-state index contributed by atoms with van der Waals surface area (Å²) >= 11 is 5.66. The normalized spacial score (nSPS) is 16.7. The van der Waals surface area contributed by atoms with Gasteiger partial charge in [0.2, 0.25) is 0 Å². The highest BCUT2D eigenvalue weighted by Gasteiger charge is 2.32. The largest absolute Gasteiger partial charge is 0.416 e. The van der Waals surface area contributed by atoms with Gasteiger partial charge in [0.05, 0.1) is 5.56 Å². The summed E-state index contributed by atoms with van der Waals surface area (Å²) in [6.45, 7) is 0.908. The Balaban J connectivity index is 2.38. The highest BCUT2D eigenvalue weighted by molar-refractivity contribution is 6.31. The van der Waals surface area contributed by atoms with Gasteiger partial charge in [0.25, 0.3) is 0 Å². The van der Waals surface area contributed by atoms with Gasteiger partial charge < -0.3 is 5.32 Å². The molecule has 1 aliphatic heterocycles. The molecule has 1 saturated heterocycles. The van der Waals surface area contributed by atoms with E-state index in [9.17, 15) is 18.0 Å². The van der Waals surface area contributed by atoms with Gasteiger partial charge in [0, 0.05) is 23.8 Å². The Morgan fingerprint density at radius 3 is 2.61 bits per heavy atom. The zero-order valence-electron chi connectivity index (χ0n) is 9.22. The van der Waals surface area contributed by atoms with Crippen molar-refractivity contribution in [1.82, 2.24) is 5.32 Å². The fourth-order valence-corrected chi connectivity index (χ4v) is 2.00. The fourth-order valence-electron chi connectivity index (χ4n) is 1.77. The van der Waals surface area contributed by atoms with Crippen LogP contribution >= 0.6 is 11.6 Å². The van der Waals surface area contributed by atoms with E-state index in [2.05, 4.69) is 5.32 Å². The Hall–Kier alpha value is -1.43. The predicted molar refractivity (Wildman–Crippen MR) is 61.8 cm³/mol.